The molecule has 0 spiro atoms. The van der Waals surface area contributed by atoms with Crippen molar-refractivity contribution in [3.63, 3.8) is 0 Å². The van der Waals surface area contributed by atoms with Crippen LogP contribution in [-0.4, -0.2) is 73.4 Å². The van der Waals surface area contributed by atoms with E-state index >= 15 is 0 Å². The Morgan fingerprint density at radius 2 is 0.783 bits per heavy atom. The van der Waals surface area contributed by atoms with Gasteiger partial charge in [-0.25, -0.2) is 4.57 Å². The van der Waals surface area contributed by atoms with Gasteiger partial charge in [0.15, 0.2) is 0 Å². The summed E-state index contributed by atoms with van der Waals surface area (Å²) in [5, 5.41) is 13.8. The number of carbonyl (C=O) groups is 1. The van der Waals surface area contributed by atoms with Crippen molar-refractivity contribution < 1.29 is 32.9 Å². The van der Waals surface area contributed by atoms with E-state index in [1.807, 2.05) is 27.2 Å². The van der Waals surface area contributed by atoms with Crippen molar-refractivity contribution in [1.29, 1.82) is 0 Å². The van der Waals surface area contributed by atoms with Crippen LogP contribution < -0.4 is 5.32 Å². The second-order valence-corrected chi connectivity index (χ2v) is 23.5. The average Bonchev–Trinajstić information content (AvgIpc) is 3.31. The van der Waals surface area contributed by atoms with Crippen LogP contribution in [-0.2, 0) is 18.4 Å². The van der Waals surface area contributed by atoms with Gasteiger partial charge in [0.1, 0.15) is 13.2 Å². The third-order valence-corrected chi connectivity index (χ3v) is 14.9. The quantitative estimate of drug-likeness (QED) is 0.0243. The summed E-state index contributed by atoms with van der Waals surface area (Å²) in [5.41, 5.74) is 0. The van der Waals surface area contributed by atoms with Crippen LogP contribution in [0.3, 0.4) is 0 Å². The predicted octanol–water partition coefficient (Wildman–Crippen LogP) is 18.4. The maximum absolute atomic E-state index is 12.9. The number of allylic oxidation sites excluding steroid dienone is 3. The number of unbranched alkanes of at least 4 members (excludes halogenated alkanes) is 41. The Hall–Kier alpha value is -1.02. The van der Waals surface area contributed by atoms with E-state index in [0.29, 0.717) is 17.4 Å². The van der Waals surface area contributed by atoms with Crippen molar-refractivity contribution in [2.75, 3.05) is 40.9 Å². The van der Waals surface area contributed by atoms with Gasteiger partial charge in [0, 0.05) is 6.42 Å². The lowest BCUT2D eigenvalue weighted by Crippen LogP contribution is -2.45. The Kier molecular flexibility index (Phi) is 51.1. The number of quaternary nitrogens is 1. The molecule has 0 aromatic heterocycles. The van der Waals surface area contributed by atoms with Crippen molar-refractivity contribution in [1.82, 2.24) is 5.32 Å². The van der Waals surface area contributed by atoms with Gasteiger partial charge in [0.2, 0.25) is 5.91 Å². The lowest BCUT2D eigenvalue weighted by atomic mass is 10.0. The second-order valence-electron chi connectivity index (χ2n) is 22.1. The fraction of sp³-hybridized carbons (Fsp3) is 0.917. The van der Waals surface area contributed by atoms with Gasteiger partial charge in [-0.15, -0.1) is 0 Å². The van der Waals surface area contributed by atoms with Crippen molar-refractivity contribution in [3.8, 4) is 0 Å². The SMILES string of the molecule is CCCCCCCCCC/C=C/C(O)C(COP(=O)(O)OCC[N+](C)(C)C)NC(=O)CCCCCCCCCCCCCCCCCCC/C=C\CCCCCCCCCCCCCCCCCC. The highest BCUT2D eigenvalue weighted by Crippen LogP contribution is 2.43. The molecular weight excluding hydrogens is 876 g/mol. The largest absolute Gasteiger partial charge is 0.472 e. The molecule has 3 atom stereocenters. The zero-order valence-corrected chi connectivity index (χ0v) is 47.7. The highest BCUT2D eigenvalue weighted by Gasteiger charge is 2.27. The van der Waals surface area contributed by atoms with Gasteiger partial charge in [-0.3, -0.25) is 13.8 Å². The molecule has 0 aliphatic rings. The zero-order valence-electron chi connectivity index (χ0n) is 46.8. The number of hydrogen-bond acceptors (Lipinski definition) is 5. The molecule has 9 heteroatoms. The molecule has 0 radical (unpaired) electrons. The number of nitrogens with zero attached hydrogens (tertiary/aromatic N) is 1. The molecule has 3 N–H and O–H groups in total. The smallest absolute Gasteiger partial charge is 0.387 e. The molecule has 3 unspecified atom stereocenters. The second kappa shape index (κ2) is 51.9. The monoisotopic (exact) mass is 996 g/mol. The van der Waals surface area contributed by atoms with Crippen LogP contribution in [0.2, 0.25) is 0 Å². The van der Waals surface area contributed by atoms with Crippen molar-refractivity contribution in [2.45, 2.75) is 315 Å². The number of rotatable bonds is 56. The molecule has 0 fully saturated rings. The Bertz CT molecular complexity index is 1170. The fourth-order valence-electron chi connectivity index (χ4n) is 9.16. The number of amides is 1. The van der Waals surface area contributed by atoms with Crippen LogP contribution in [0.25, 0.3) is 0 Å². The average molecular weight is 997 g/mol. The number of hydrogen-bond donors (Lipinski definition) is 3. The minimum atomic E-state index is -4.34. The van der Waals surface area contributed by atoms with Crippen LogP contribution in [0.15, 0.2) is 24.3 Å². The lowest BCUT2D eigenvalue weighted by molar-refractivity contribution is -0.870. The number of likely N-dealkylation sites (N-methyl/N-ethyl adjacent to an activating group) is 1. The van der Waals surface area contributed by atoms with Gasteiger partial charge >= 0.3 is 7.82 Å². The lowest BCUT2D eigenvalue weighted by Gasteiger charge is -2.25. The van der Waals surface area contributed by atoms with Gasteiger partial charge in [-0.05, 0) is 44.9 Å². The number of carbonyl (C=O) groups excluding carboxylic acids is 1. The first kappa shape index (κ1) is 68.0. The molecular formula is C60H120N2O6P+. The number of aliphatic hydroxyl groups excluding tert-OH is 1. The van der Waals surface area contributed by atoms with Gasteiger partial charge < -0.3 is 19.8 Å². The van der Waals surface area contributed by atoms with E-state index < -0.39 is 20.0 Å². The van der Waals surface area contributed by atoms with E-state index in [-0.39, 0.29) is 19.1 Å². The Labute approximate surface area is 430 Å². The third-order valence-electron chi connectivity index (χ3n) is 13.9. The standard InChI is InChI=1S/C60H119N2O6P/c1-6-8-10-12-14-16-18-19-20-21-22-23-24-25-26-27-28-29-30-31-32-33-34-35-36-37-38-39-40-41-42-43-44-46-48-50-52-54-60(64)61-58(57-68-69(65,66)67-56-55-62(3,4)5)59(63)53-51-49-47-45-17-15-13-11-9-7-2/h29-30,51,53,58-59,63H,6-28,31-50,52,54-57H2,1-5H3,(H-,61,64,65,66)/p+1/b30-29-,53-51+. The Morgan fingerprint density at radius 1 is 0.478 bits per heavy atom. The van der Waals surface area contributed by atoms with E-state index in [0.717, 1.165) is 38.5 Å². The fourth-order valence-corrected chi connectivity index (χ4v) is 9.89. The first-order chi connectivity index (χ1) is 33.5. The van der Waals surface area contributed by atoms with Crippen molar-refractivity contribution in [2.24, 2.45) is 0 Å². The molecule has 0 heterocycles. The molecule has 1 amide bonds. The van der Waals surface area contributed by atoms with Crippen LogP contribution in [0.1, 0.15) is 303 Å². The number of phosphoric acid groups is 1. The number of nitrogens with one attached hydrogen (secondary N) is 1. The van der Waals surface area contributed by atoms with E-state index in [4.69, 9.17) is 9.05 Å². The molecule has 0 aliphatic heterocycles. The van der Waals surface area contributed by atoms with Gasteiger partial charge in [-0.1, -0.05) is 276 Å². The minimum absolute atomic E-state index is 0.0634. The Balaban J connectivity index is 3.84. The van der Waals surface area contributed by atoms with E-state index in [2.05, 4.69) is 31.3 Å². The van der Waals surface area contributed by atoms with Gasteiger partial charge in [0.25, 0.3) is 0 Å². The normalized spacial score (nSPS) is 14.0. The summed E-state index contributed by atoms with van der Waals surface area (Å²) in [6.45, 7) is 4.82. The summed E-state index contributed by atoms with van der Waals surface area (Å²) in [7, 11) is 1.58. The summed E-state index contributed by atoms with van der Waals surface area (Å²) >= 11 is 0. The minimum Gasteiger partial charge on any atom is -0.387 e. The van der Waals surface area contributed by atoms with E-state index in [9.17, 15) is 19.4 Å². The summed E-state index contributed by atoms with van der Waals surface area (Å²) in [5.74, 6) is -0.174. The number of aliphatic hydroxyl groups is 1. The molecule has 0 saturated carbocycles. The maximum Gasteiger partial charge on any atom is 0.472 e. The molecule has 0 aromatic rings. The van der Waals surface area contributed by atoms with Crippen molar-refractivity contribution in [3.05, 3.63) is 24.3 Å². The molecule has 8 nitrogen and oxygen atoms in total. The summed E-state index contributed by atoms with van der Waals surface area (Å²) in [4.78, 5) is 23.2. The molecule has 0 aromatic carbocycles. The van der Waals surface area contributed by atoms with Crippen LogP contribution in [0, 0.1) is 0 Å². The first-order valence-corrected chi connectivity index (χ1v) is 31.7. The molecule has 0 bridgehead atoms. The van der Waals surface area contributed by atoms with E-state index in [1.54, 1.807) is 6.08 Å². The molecule has 410 valence electrons. The predicted molar refractivity (Wildman–Crippen MR) is 300 cm³/mol. The van der Waals surface area contributed by atoms with Gasteiger partial charge in [0.05, 0.1) is 39.9 Å². The van der Waals surface area contributed by atoms with Gasteiger partial charge in [-0.2, -0.15) is 0 Å². The van der Waals surface area contributed by atoms with E-state index in [1.165, 1.54) is 244 Å². The summed E-state index contributed by atoms with van der Waals surface area (Å²) in [6.07, 6.45) is 66.1. The Morgan fingerprint density at radius 3 is 1.12 bits per heavy atom. The van der Waals surface area contributed by atoms with Crippen LogP contribution >= 0.6 is 7.82 Å². The molecule has 0 saturated heterocycles. The highest BCUT2D eigenvalue weighted by molar-refractivity contribution is 7.47. The zero-order chi connectivity index (χ0) is 50.6. The first-order valence-electron chi connectivity index (χ1n) is 30.2. The number of phosphoric ester groups is 1. The van der Waals surface area contributed by atoms with Crippen LogP contribution in [0.4, 0.5) is 0 Å². The summed E-state index contributed by atoms with van der Waals surface area (Å²) < 4.78 is 23.6. The van der Waals surface area contributed by atoms with Crippen LogP contribution in [0.5, 0.6) is 0 Å². The molecule has 0 rings (SSSR count). The highest BCUT2D eigenvalue weighted by atomic mass is 31.2. The summed E-state index contributed by atoms with van der Waals surface area (Å²) in [6, 6.07) is -0.842. The molecule has 0 aliphatic carbocycles. The maximum atomic E-state index is 12.9. The third kappa shape index (κ3) is 54.6. The molecule has 69 heavy (non-hydrogen) atoms. The topological polar surface area (TPSA) is 105 Å². The van der Waals surface area contributed by atoms with Crippen molar-refractivity contribution >= 4 is 13.7 Å².